The van der Waals surface area contributed by atoms with Crippen LogP contribution in [0, 0.1) is 0 Å². The van der Waals surface area contributed by atoms with Gasteiger partial charge in [-0.2, -0.15) is 0 Å². The highest BCUT2D eigenvalue weighted by molar-refractivity contribution is 5.94. The zero-order valence-corrected chi connectivity index (χ0v) is 15.2. The number of benzene rings is 2. The fraction of sp³-hybridized carbons (Fsp3) is 0.316. The van der Waals surface area contributed by atoms with E-state index in [1.54, 1.807) is 7.11 Å². The van der Waals surface area contributed by atoms with E-state index in [0.29, 0.717) is 5.56 Å². The Labute approximate surface area is 154 Å². The molecule has 2 aromatic rings. The quantitative estimate of drug-likeness (QED) is 0.850. The van der Waals surface area contributed by atoms with E-state index >= 15 is 0 Å². The molecule has 0 spiro atoms. The Hall–Kier alpha value is -2.24. The maximum Gasteiger partial charge on any atom is 0.253 e. The maximum absolute atomic E-state index is 12.6. The topological polar surface area (TPSA) is 58.8 Å². The Balaban J connectivity index is 0.00000225. The van der Waals surface area contributed by atoms with Crippen molar-refractivity contribution >= 4 is 24.0 Å². The summed E-state index contributed by atoms with van der Waals surface area (Å²) in [5, 5.41) is 0. The summed E-state index contributed by atoms with van der Waals surface area (Å²) in [6.07, 6.45) is 0. The molecule has 5 nitrogen and oxygen atoms in total. The highest BCUT2D eigenvalue weighted by Crippen LogP contribution is 2.16. The van der Waals surface area contributed by atoms with Gasteiger partial charge in [0.2, 0.25) is 0 Å². The van der Waals surface area contributed by atoms with Gasteiger partial charge in [-0.3, -0.25) is 9.69 Å². The van der Waals surface area contributed by atoms with E-state index in [1.807, 2.05) is 47.4 Å². The molecule has 0 atom stereocenters. The fourth-order valence-electron chi connectivity index (χ4n) is 2.97. The summed E-state index contributed by atoms with van der Waals surface area (Å²) in [6.45, 7) is 4.10. The number of anilines is 1. The predicted octanol–water partition coefficient (Wildman–Crippen LogP) is 2.66. The molecule has 1 aliphatic rings. The smallest absolute Gasteiger partial charge is 0.253 e. The average Bonchev–Trinajstić information content (AvgIpc) is 2.62. The molecule has 0 unspecified atom stereocenters. The van der Waals surface area contributed by atoms with Crippen molar-refractivity contribution in [3.63, 3.8) is 0 Å². The fourth-order valence-corrected chi connectivity index (χ4v) is 2.97. The van der Waals surface area contributed by atoms with Gasteiger partial charge in [-0.25, -0.2) is 0 Å². The number of methoxy groups -OCH3 is 1. The van der Waals surface area contributed by atoms with Crippen molar-refractivity contribution in [3.8, 4) is 5.75 Å². The van der Waals surface area contributed by atoms with Crippen molar-refractivity contribution in [2.45, 2.75) is 6.54 Å². The lowest BCUT2D eigenvalue weighted by atomic mass is 10.1. The van der Waals surface area contributed by atoms with E-state index in [2.05, 4.69) is 11.0 Å². The number of ether oxygens (including phenoxy) is 1. The van der Waals surface area contributed by atoms with Gasteiger partial charge < -0.3 is 15.4 Å². The van der Waals surface area contributed by atoms with Gasteiger partial charge in [0.05, 0.1) is 7.11 Å². The first-order chi connectivity index (χ1) is 11.7. The van der Waals surface area contributed by atoms with Gasteiger partial charge in [-0.05, 0) is 42.0 Å². The van der Waals surface area contributed by atoms with Gasteiger partial charge >= 0.3 is 0 Å². The summed E-state index contributed by atoms with van der Waals surface area (Å²) in [5.41, 5.74) is 8.54. The van der Waals surface area contributed by atoms with E-state index < -0.39 is 0 Å². The normalized spacial score (nSPS) is 14.7. The van der Waals surface area contributed by atoms with Crippen molar-refractivity contribution < 1.29 is 9.53 Å². The van der Waals surface area contributed by atoms with E-state index in [4.69, 9.17) is 10.5 Å². The number of halogens is 1. The second-order valence-electron chi connectivity index (χ2n) is 6.04. The van der Waals surface area contributed by atoms with Crippen LogP contribution in [0.25, 0.3) is 0 Å². The molecule has 1 amide bonds. The van der Waals surface area contributed by atoms with Crippen LogP contribution in [0.4, 0.5) is 5.69 Å². The molecule has 3 rings (SSSR count). The minimum absolute atomic E-state index is 0. The Kier molecular flexibility index (Phi) is 6.67. The van der Waals surface area contributed by atoms with Crippen molar-refractivity contribution in [2.75, 3.05) is 39.0 Å². The van der Waals surface area contributed by atoms with Crippen molar-refractivity contribution in [2.24, 2.45) is 0 Å². The van der Waals surface area contributed by atoms with Crippen LogP contribution < -0.4 is 10.5 Å². The standard InChI is InChI=1S/C19H23N3O2.ClH/c1-24-18-7-5-16(6-8-18)19(23)22-11-9-21(10-12-22)14-15-3-2-4-17(20)13-15;/h2-8,13H,9-12,14,20H2,1H3;1H. The number of hydrogen-bond acceptors (Lipinski definition) is 4. The first-order valence-corrected chi connectivity index (χ1v) is 8.16. The van der Waals surface area contributed by atoms with Crippen molar-refractivity contribution in [1.29, 1.82) is 0 Å². The Morgan fingerprint density at radius 3 is 2.36 bits per heavy atom. The number of nitrogens with zero attached hydrogens (tertiary/aromatic N) is 2. The van der Waals surface area contributed by atoms with E-state index in [0.717, 1.165) is 44.2 Å². The highest BCUT2D eigenvalue weighted by Gasteiger charge is 2.22. The summed E-state index contributed by atoms with van der Waals surface area (Å²) in [5.74, 6) is 0.847. The van der Waals surface area contributed by atoms with Crippen molar-refractivity contribution in [1.82, 2.24) is 9.80 Å². The van der Waals surface area contributed by atoms with Gasteiger partial charge in [0.25, 0.3) is 5.91 Å². The lowest BCUT2D eigenvalue weighted by molar-refractivity contribution is 0.0628. The number of hydrogen-bond donors (Lipinski definition) is 1. The minimum atomic E-state index is 0. The second-order valence-corrected chi connectivity index (χ2v) is 6.04. The molecule has 1 heterocycles. The van der Waals surface area contributed by atoms with Gasteiger partial charge in [0, 0.05) is 44.0 Å². The van der Waals surface area contributed by atoms with Gasteiger partial charge in [0.15, 0.2) is 0 Å². The molecule has 2 aromatic carbocycles. The number of nitrogen functional groups attached to an aromatic ring is 1. The first kappa shape index (κ1) is 19.1. The summed E-state index contributed by atoms with van der Waals surface area (Å²) >= 11 is 0. The number of piperazine rings is 1. The number of carbonyl (C=O) groups is 1. The molecule has 6 heteroatoms. The van der Waals surface area contributed by atoms with Crippen LogP contribution in [0.15, 0.2) is 48.5 Å². The van der Waals surface area contributed by atoms with Crippen LogP contribution in [0.3, 0.4) is 0 Å². The molecule has 0 bridgehead atoms. The molecule has 2 N–H and O–H groups in total. The largest absolute Gasteiger partial charge is 0.497 e. The average molecular weight is 362 g/mol. The van der Waals surface area contributed by atoms with Gasteiger partial charge in [-0.15, -0.1) is 12.4 Å². The summed E-state index contributed by atoms with van der Waals surface area (Å²) in [6, 6.07) is 15.3. The first-order valence-electron chi connectivity index (χ1n) is 8.16. The third kappa shape index (κ3) is 4.87. The molecule has 1 saturated heterocycles. The predicted molar refractivity (Wildman–Crippen MR) is 102 cm³/mol. The van der Waals surface area contributed by atoms with E-state index in [1.165, 1.54) is 5.56 Å². The summed E-state index contributed by atoms with van der Waals surface area (Å²) in [7, 11) is 1.62. The molecular formula is C19H24ClN3O2. The molecule has 0 radical (unpaired) electrons. The van der Waals surface area contributed by atoms with Crippen LogP contribution >= 0.6 is 12.4 Å². The van der Waals surface area contributed by atoms with E-state index in [9.17, 15) is 4.79 Å². The maximum atomic E-state index is 12.6. The summed E-state index contributed by atoms with van der Waals surface area (Å²) < 4.78 is 5.13. The third-order valence-electron chi connectivity index (χ3n) is 4.35. The molecule has 0 aliphatic carbocycles. The molecule has 134 valence electrons. The molecule has 1 fully saturated rings. The highest BCUT2D eigenvalue weighted by atomic mass is 35.5. The number of rotatable bonds is 4. The van der Waals surface area contributed by atoms with Crippen LogP contribution in [-0.4, -0.2) is 49.0 Å². The minimum Gasteiger partial charge on any atom is -0.497 e. The van der Waals surface area contributed by atoms with E-state index in [-0.39, 0.29) is 18.3 Å². The zero-order valence-electron chi connectivity index (χ0n) is 14.4. The molecule has 0 aromatic heterocycles. The Morgan fingerprint density at radius 2 is 1.76 bits per heavy atom. The second kappa shape index (κ2) is 8.74. The lowest BCUT2D eigenvalue weighted by Gasteiger charge is -2.34. The molecule has 0 saturated carbocycles. The van der Waals surface area contributed by atoms with Gasteiger partial charge in [-0.1, -0.05) is 12.1 Å². The molecule has 1 aliphatic heterocycles. The van der Waals surface area contributed by atoms with Crippen LogP contribution in [-0.2, 0) is 6.54 Å². The van der Waals surface area contributed by atoms with Gasteiger partial charge in [0.1, 0.15) is 5.75 Å². The monoisotopic (exact) mass is 361 g/mol. The summed E-state index contributed by atoms with van der Waals surface area (Å²) in [4.78, 5) is 16.8. The van der Waals surface area contributed by atoms with Crippen molar-refractivity contribution in [3.05, 3.63) is 59.7 Å². The van der Waals surface area contributed by atoms with Crippen LogP contribution in [0.1, 0.15) is 15.9 Å². The van der Waals surface area contributed by atoms with Crippen LogP contribution in [0.2, 0.25) is 0 Å². The Bertz CT molecular complexity index is 698. The number of amides is 1. The molecular weight excluding hydrogens is 338 g/mol. The molecule has 25 heavy (non-hydrogen) atoms. The number of nitrogens with two attached hydrogens (primary N) is 1. The Morgan fingerprint density at radius 1 is 1.08 bits per heavy atom. The lowest BCUT2D eigenvalue weighted by Crippen LogP contribution is -2.48. The van der Waals surface area contributed by atoms with Crippen LogP contribution in [0.5, 0.6) is 5.75 Å². The zero-order chi connectivity index (χ0) is 16.9. The SMILES string of the molecule is COc1ccc(C(=O)N2CCN(Cc3cccc(N)c3)CC2)cc1.Cl. The third-order valence-corrected chi connectivity index (χ3v) is 4.35. The number of carbonyl (C=O) groups excluding carboxylic acids is 1.